The molecule has 2 nitrogen and oxygen atoms in total. The van der Waals surface area contributed by atoms with Crippen LogP contribution >= 0.6 is 0 Å². The highest BCUT2D eigenvalue weighted by Gasteiger charge is 2.23. The van der Waals surface area contributed by atoms with E-state index in [2.05, 4.69) is 12.2 Å². The Morgan fingerprint density at radius 3 is 1.90 bits per heavy atom. The van der Waals surface area contributed by atoms with Crippen LogP contribution in [-0.2, 0) is 4.79 Å². The van der Waals surface area contributed by atoms with Crippen molar-refractivity contribution in [2.75, 3.05) is 0 Å². The van der Waals surface area contributed by atoms with Gasteiger partial charge >= 0.3 is 0 Å². The molecule has 2 heteroatoms. The van der Waals surface area contributed by atoms with Gasteiger partial charge in [0.2, 0.25) is 5.91 Å². The summed E-state index contributed by atoms with van der Waals surface area (Å²) in [5.74, 6) is 1.53. The molecular formula is C18H33NO. The first-order chi connectivity index (χ1) is 9.75. The molecule has 0 aromatic carbocycles. The Labute approximate surface area is 125 Å². The highest BCUT2D eigenvalue weighted by Crippen LogP contribution is 2.26. The summed E-state index contributed by atoms with van der Waals surface area (Å²) in [6.45, 7) is 2.36. The summed E-state index contributed by atoms with van der Waals surface area (Å²) in [7, 11) is 0. The molecule has 2 rings (SSSR count). The van der Waals surface area contributed by atoms with Crippen molar-refractivity contribution >= 4 is 5.91 Å². The van der Waals surface area contributed by atoms with Crippen molar-refractivity contribution in [1.29, 1.82) is 0 Å². The molecule has 0 spiro atoms. The van der Waals surface area contributed by atoms with Crippen molar-refractivity contribution in [3.8, 4) is 0 Å². The average Bonchev–Trinajstić information content (AvgIpc) is 2.36. The Hall–Kier alpha value is -0.530. The Balaban J connectivity index is 1.77. The van der Waals surface area contributed by atoms with E-state index >= 15 is 0 Å². The van der Waals surface area contributed by atoms with Crippen molar-refractivity contribution in [2.24, 2.45) is 11.8 Å². The maximum Gasteiger partial charge on any atom is 0.223 e. The van der Waals surface area contributed by atoms with Crippen LogP contribution in [0.1, 0.15) is 90.4 Å². The minimum atomic E-state index is 0.299. The zero-order valence-corrected chi connectivity index (χ0v) is 13.3. The maximum absolute atomic E-state index is 12.5. The van der Waals surface area contributed by atoms with Crippen LogP contribution in [0.2, 0.25) is 0 Å². The van der Waals surface area contributed by atoms with Crippen molar-refractivity contribution in [1.82, 2.24) is 5.32 Å². The molecule has 0 bridgehead atoms. The van der Waals surface area contributed by atoms with E-state index in [4.69, 9.17) is 0 Å². The molecule has 0 aliphatic heterocycles. The Morgan fingerprint density at radius 1 is 0.750 bits per heavy atom. The average molecular weight is 279 g/mol. The molecule has 0 radical (unpaired) electrons. The number of hydrogen-bond acceptors (Lipinski definition) is 1. The summed E-state index contributed by atoms with van der Waals surface area (Å²) in [6.07, 6.45) is 16.4. The van der Waals surface area contributed by atoms with Crippen LogP contribution in [0, 0.1) is 11.8 Å². The molecule has 116 valence electrons. The largest absolute Gasteiger partial charge is 0.353 e. The van der Waals surface area contributed by atoms with Gasteiger partial charge in [0.1, 0.15) is 0 Å². The molecular weight excluding hydrogens is 246 g/mol. The van der Waals surface area contributed by atoms with Gasteiger partial charge in [0.25, 0.3) is 0 Å². The number of carbonyl (C=O) groups excluding carboxylic acids is 1. The second-order valence-corrected chi connectivity index (χ2v) is 7.21. The fraction of sp³-hybridized carbons (Fsp3) is 0.944. The smallest absolute Gasteiger partial charge is 0.223 e. The van der Waals surface area contributed by atoms with Gasteiger partial charge in [0, 0.05) is 12.0 Å². The summed E-state index contributed by atoms with van der Waals surface area (Å²) in [5, 5.41) is 3.38. The molecule has 0 atom stereocenters. The lowest BCUT2D eigenvalue weighted by molar-refractivity contribution is -0.126. The number of carbonyl (C=O) groups is 1. The van der Waals surface area contributed by atoms with Gasteiger partial charge in [-0.3, -0.25) is 4.79 Å². The van der Waals surface area contributed by atoms with Crippen LogP contribution in [0.15, 0.2) is 0 Å². The SMILES string of the molecule is CC1CCCC(C(=O)NC2CCCCCCC2)CCC1. The molecule has 2 aliphatic carbocycles. The van der Waals surface area contributed by atoms with Gasteiger partial charge in [-0.15, -0.1) is 0 Å². The predicted octanol–water partition coefficient (Wildman–Crippen LogP) is 4.82. The third kappa shape index (κ3) is 5.46. The van der Waals surface area contributed by atoms with E-state index in [9.17, 15) is 4.79 Å². The number of amides is 1. The number of rotatable bonds is 2. The highest BCUT2D eigenvalue weighted by molar-refractivity contribution is 5.78. The molecule has 0 aromatic heterocycles. The maximum atomic E-state index is 12.5. The van der Waals surface area contributed by atoms with Crippen LogP contribution in [0.25, 0.3) is 0 Å². The van der Waals surface area contributed by atoms with Crippen molar-refractivity contribution in [3.05, 3.63) is 0 Å². The van der Waals surface area contributed by atoms with Gasteiger partial charge in [-0.25, -0.2) is 0 Å². The predicted molar refractivity (Wildman–Crippen MR) is 84.6 cm³/mol. The summed E-state index contributed by atoms with van der Waals surface area (Å²) < 4.78 is 0. The van der Waals surface area contributed by atoms with Crippen LogP contribution in [-0.4, -0.2) is 11.9 Å². The molecule has 20 heavy (non-hydrogen) atoms. The Kier molecular flexibility index (Phi) is 6.89. The first-order valence-corrected chi connectivity index (χ1v) is 9.06. The molecule has 1 N–H and O–H groups in total. The van der Waals surface area contributed by atoms with E-state index in [1.54, 1.807) is 0 Å². The first-order valence-electron chi connectivity index (χ1n) is 9.06. The van der Waals surface area contributed by atoms with Crippen LogP contribution < -0.4 is 5.32 Å². The van der Waals surface area contributed by atoms with Gasteiger partial charge < -0.3 is 5.32 Å². The second kappa shape index (κ2) is 8.69. The molecule has 2 saturated carbocycles. The van der Waals surface area contributed by atoms with Crippen LogP contribution in [0.5, 0.6) is 0 Å². The second-order valence-electron chi connectivity index (χ2n) is 7.21. The van der Waals surface area contributed by atoms with E-state index in [0.717, 1.165) is 18.8 Å². The minimum Gasteiger partial charge on any atom is -0.353 e. The highest BCUT2D eigenvalue weighted by atomic mass is 16.1. The normalized spacial score (nSPS) is 30.6. The van der Waals surface area contributed by atoms with Gasteiger partial charge in [-0.05, 0) is 31.6 Å². The monoisotopic (exact) mass is 279 g/mol. The van der Waals surface area contributed by atoms with E-state index in [0.29, 0.717) is 17.9 Å². The quantitative estimate of drug-likeness (QED) is 0.771. The van der Waals surface area contributed by atoms with Crippen molar-refractivity contribution in [3.63, 3.8) is 0 Å². The van der Waals surface area contributed by atoms with Gasteiger partial charge in [-0.2, -0.15) is 0 Å². The zero-order chi connectivity index (χ0) is 14.2. The lowest BCUT2D eigenvalue weighted by atomic mass is 9.86. The van der Waals surface area contributed by atoms with Crippen LogP contribution in [0.4, 0.5) is 0 Å². The Bertz CT molecular complexity index is 271. The standard InChI is InChI=1S/C18H33NO/c1-15-9-7-11-16(12-8-10-15)18(20)19-17-13-5-3-2-4-6-14-17/h15-17H,2-14H2,1H3,(H,19,20). The first kappa shape index (κ1) is 15.9. The number of hydrogen-bond donors (Lipinski definition) is 1. The lowest BCUT2D eigenvalue weighted by Crippen LogP contribution is -2.39. The topological polar surface area (TPSA) is 29.1 Å². The van der Waals surface area contributed by atoms with Gasteiger partial charge in [0.05, 0.1) is 0 Å². The molecule has 0 heterocycles. The molecule has 2 aliphatic rings. The van der Waals surface area contributed by atoms with Gasteiger partial charge in [-0.1, -0.05) is 64.7 Å². The molecule has 2 fully saturated rings. The molecule has 1 amide bonds. The summed E-state index contributed by atoms with van der Waals surface area (Å²) in [5.41, 5.74) is 0. The summed E-state index contributed by atoms with van der Waals surface area (Å²) in [4.78, 5) is 12.5. The number of nitrogens with one attached hydrogen (secondary N) is 1. The zero-order valence-electron chi connectivity index (χ0n) is 13.3. The van der Waals surface area contributed by atoms with E-state index < -0.39 is 0 Å². The fourth-order valence-electron chi connectivity index (χ4n) is 3.90. The van der Waals surface area contributed by atoms with E-state index in [1.165, 1.54) is 70.6 Å². The van der Waals surface area contributed by atoms with E-state index in [1.807, 2.05) is 0 Å². The summed E-state index contributed by atoms with van der Waals surface area (Å²) >= 11 is 0. The van der Waals surface area contributed by atoms with Crippen LogP contribution in [0.3, 0.4) is 0 Å². The van der Waals surface area contributed by atoms with E-state index in [-0.39, 0.29) is 0 Å². The summed E-state index contributed by atoms with van der Waals surface area (Å²) in [6, 6.07) is 0.465. The molecule has 0 aromatic rings. The van der Waals surface area contributed by atoms with Crippen molar-refractivity contribution in [2.45, 2.75) is 96.4 Å². The van der Waals surface area contributed by atoms with Gasteiger partial charge in [0.15, 0.2) is 0 Å². The van der Waals surface area contributed by atoms with Crippen molar-refractivity contribution < 1.29 is 4.79 Å². The lowest BCUT2D eigenvalue weighted by Gasteiger charge is -2.26. The third-order valence-corrected chi connectivity index (χ3v) is 5.32. The Morgan fingerprint density at radius 2 is 1.30 bits per heavy atom. The third-order valence-electron chi connectivity index (χ3n) is 5.32. The molecule has 0 saturated heterocycles. The molecule has 0 unspecified atom stereocenters. The minimum absolute atomic E-state index is 0.299. The fourth-order valence-corrected chi connectivity index (χ4v) is 3.90.